The lowest BCUT2D eigenvalue weighted by Crippen LogP contribution is -2.45. The van der Waals surface area contributed by atoms with Gasteiger partial charge in [-0.15, -0.1) is 32.9 Å². The normalized spacial score (nSPS) is 11.8. The van der Waals surface area contributed by atoms with Crippen LogP contribution in [0, 0.1) is 10.8 Å². The van der Waals surface area contributed by atoms with Gasteiger partial charge < -0.3 is 33.5 Å². The average molecular weight is 595 g/mol. The zero-order valence-electron chi connectivity index (χ0n) is 26.6. The molecule has 0 amide bonds. The van der Waals surface area contributed by atoms with Crippen LogP contribution in [0.5, 0.6) is 0 Å². The second kappa shape index (κ2) is 29.5. The Bertz CT molecular complexity index is 600. The first-order valence-corrected chi connectivity index (χ1v) is 15.7. The Morgan fingerprint density at radius 1 is 0.381 bits per heavy atom. The first-order chi connectivity index (χ1) is 20.6. The van der Waals surface area contributed by atoms with Gasteiger partial charge in [-0.3, -0.25) is 0 Å². The number of rotatable bonds is 35. The fraction of sp³-hybridized carbons (Fsp3) is 0.714. The van der Waals surface area contributed by atoms with Gasteiger partial charge in [0.2, 0.25) is 0 Å². The predicted octanol–water partition coefficient (Wildman–Crippen LogP) is 6.88. The zero-order valence-corrected chi connectivity index (χ0v) is 26.6. The van der Waals surface area contributed by atoms with Gasteiger partial charge in [0.15, 0.2) is 0 Å². The van der Waals surface area contributed by atoms with Crippen LogP contribution in [0.15, 0.2) is 63.3 Å². The van der Waals surface area contributed by atoms with Crippen LogP contribution >= 0.6 is 0 Å². The molecule has 0 saturated carbocycles. The molecule has 0 saturated heterocycles. The van der Waals surface area contributed by atoms with Gasteiger partial charge >= 0.3 is 0 Å². The molecule has 0 unspecified atom stereocenters. The van der Waals surface area contributed by atoms with E-state index in [4.69, 9.17) is 28.4 Å². The van der Waals surface area contributed by atoms with E-state index in [-0.39, 0.29) is 13.2 Å². The predicted molar refractivity (Wildman–Crippen MR) is 174 cm³/mol. The molecule has 7 heteroatoms. The molecule has 0 atom stereocenters. The third-order valence-corrected chi connectivity index (χ3v) is 6.68. The van der Waals surface area contributed by atoms with Crippen LogP contribution in [0.1, 0.15) is 64.2 Å². The minimum atomic E-state index is -0.686. The maximum Gasteiger partial charge on any atom is 0.0637 e. The highest BCUT2D eigenvalue weighted by Gasteiger charge is 2.36. The van der Waals surface area contributed by atoms with Crippen molar-refractivity contribution >= 4 is 0 Å². The molecule has 0 aliphatic rings. The highest BCUT2D eigenvalue weighted by molar-refractivity contribution is 4.83. The quantitative estimate of drug-likeness (QED) is 0.0633. The monoisotopic (exact) mass is 594 g/mol. The van der Waals surface area contributed by atoms with Gasteiger partial charge in [-0.05, 0) is 64.2 Å². The van der Waals surface area contributed by atoms with Gasteiger partial charge in [-0.25, -0.2) is 0 Å². The van der Waals surface area contributed by atoms with E-state index in [1.165, 1.54) is 0 Å². The minimum absolute atomic E-state index is 0.114. The Kier molecular flexibility index (Phi) is 28.4. The maximum atomic E-state index is 10.5. The lowest BCUT2D eigenvalue weighted by atomic mass is 9.90. The fourth-order valence-corrected chi connectivity index (χ4v) is 4.09. The van der Waals surface area contributed by atoms with E-state index in [1.54, 1.807) is 0 Å². The fourth-order valence-electron chi connectivity index (χ4n) is 4.09. The largest absolute Gasteiger partial charge is 0.396 e. The summed E-state index contributed by atoms with van der Waals surface area (Å²) in [7, 11) is 0. The van der Waals surface area contributed by atoms with Gasteiger partial charge in [0.1, 0.15) is 0 Å². The van der Waals surface area contributed by atoms with Crippen molar-refractivity contribution in [2.75, 3.05) is 85.9 Å². The van der Waals surface area contributed by atoms with Gasteiger partial charge in [0.05, 0.1) is 63.7 Å². The molecule has 0 aromatic heterocycles. The number of hydrogen-bond donors (Lipinski definition) is 1. The molecule has 42 heavy (non-hydrogen) atoms. The minimum Gasteiger partial charge on any atom is -0.396 e. The Hall–Kier alpha value is -1.58. The van der Waals surface area contributed by atoms with Crippen LogP contribution in [0.3, 0.4) is 0 Å². The average Bonchev–Trinajstić information content (AvgIpc) is 3.00. The summed E-state index contributed by atoms with van der Waals surface area (Å²) in [6.07, 6.45) is 18.4. The van der Waals surface area contributed by atoms with Gasteiger partial charge in [0.25, 0.3) is 0 Å². The summed E-state index contributed by atoms with van der Waals surface area (Å²) in [5, 5.41) is 10.5. The Labute approximate surface area is 257 Å². The number of aliphatic hydroxyl groups excluding tert-OH is 1. The highest BCUT2D eigenvalue weighted by atomic mass is 16.5. The van der Waals surface area contributed by atoms with Crippen molar-refractivity contribution in [2.45, 2.75) is 64.2 Å². The number of ether oxygens (including phenoxy) is 6. The summed E-state index contributed by atoms with van der Waals surface area (Å²) in [5.74, 6) is 0. The molecule has 0 radical (unpaired) electrons. The van der Waals surface area contributed by atoms with E-state index >= 15 is 0 Å². The van der Waals surface area contributed by atoms with E-state index in [0.29, 0.717) is 72.7 Å². The topological polar surface area (TPSA) is 75.6 Å². The van der Waals surface area contributed by atoms with Crippen molar-refractivity contribution in [3.8, 4) is 0 Å². The molecule has 7 nitrogen and oxygen atoms in total. The Balaban J connectivity index is 5.55. The van der Waals surface area contributed by atoms with Gasteiger partial charge in [0, 0.05) is 33.0 Å². The molecule has 0 fully saturated rings. The summed E-state index contributed by atoms with van der Waals surface area (Å²) >= 11 is 0. The lowest BCUT2D eigenvalue weighted by molar-refractivity contribution is -0.137. The summed E-state index contributed by atoms with van der Waals surface area (Å²) < 4.78 is 36.8. The van der Waals surface area contributed by atoms with Gasteiger partial charge in [-0.2, -0.15) is 0 Å². The second-order valence-corrected chi connectivity index (χ2v) is 11.1. The molecule has 0 heterocycles. The number of hydrogen-bond acceptors (Lipinski definition) is 7. The molecular weight excluding hydrogens is 532 g/mol. The SMILES string of the molecule is C=CCCCOCC(CO)(COCCCC=C)COCC(COCCCC=C)(COCCCC=C)COCCCC=C. The van der Waals surface area contributed by atoms with E-state index in [9.17, 15) is 5.11 Å². The maximum absolute atomic E-state index is 10.5. The first kappa shape index (κ1) is 40.4. The first-order valence-electron chi connectivity index (χ1n) is 15.7. The number of aliphatic hydroxyl groups is 1. The molecule has 0 aromatic rings. The van der Waals surface area contributed by atoms with E-state index in [0.717, 1.165) is 64.2 Å². The smallest absolute Gasteiger partial charge is 0.0637 e. The summed E-state index contributed by atoms with van der Waals surface area (Å²) in [6, 6.07) is 0. The molecule has 1 N–H and O–H groups in total. The van der Waals surface area contributed by atoms with Crippen LogP contribution in [0.2, 0.25) is 0 Å². The standard InChI is InChI=1S/C35H62O7/c1-6-11-16-21-37-27-34(26-36,28-38-22-17-12-7-2)29-42-33-35(30-39-23-18-13-8-3,31-40-24-19-14-9-4)32-41-25-20-15-10-5/h6-10,36H,1-5,11-33H2. The third kappa shape index (κ3) is 22.0. The summed E-state index contributed by atoms with van der Waals surface area (Å²) in [4.78, 5) is 0. The van der Waals surface area contributed by atoms with Gasteiger partial charge in [-0.1, -0.05) is 30.4 Å². The molecule has 0 aromatic carbocycles. The molecule has 0 bridgehead atoms. The van der Waals surface area contributed by atoms with Crippen molar-refractivity contribution < 1.29 is 33.5 Å². The van der Waals surface area contributed by atoms with Crippen molar-refractivity contribution in [3.05, 3.63) is 63.3 Å². The molecule has 0 rings (SSSR count). The van der Waals surface area contributed by atoms with Crippen molar-refractivity contribution in [1.29, 1.82) is 0 Å². The highest BCUT2D eigenvalue weighted by Crippen LogP contribution is 2.25. The number of unbranched alkanes of at least 4 members (excludes halogenated alkanes) is 5. The van der Waals surface area contributed by atoms with Crippen LogP contribution in [-0.2, 0) is 28.4 Å². The summed E-state index contributed by atoms with van der Waals surface area (Å²) in [6.45, 7) is 24.5. The van der Waals surface area contributed by atoms with Crippen LogP contribution in [0.25, 0.3) is 0 Å². The molecular formula is C35H62O7. The van der Waals surface area contributed by atoms with Crippen LogP contribution in [-0.4, -0.2) is 91.0 Å². The number of allylic oxidation sites excluding steroid dienone is 5. The molecule has 0 aliphatic carbocycles. The van der Waals surface area contributed by atoms with E-state index in [2.05, 4.69) is 32.9 Å². The van der Waals surface area contributed by atoms with E-state index < -0.39 is 10.8 Å². The van der Waals surface area contributed by atoms with Crippen LogP contribution < -0.4 is 0 Å². The van der Waals surface area contributed by atoms with Crippen LogP contribution in [0.4, 0.5) is 0 Å². The Morgan fingerprint density at radius 2 is 0.619 bits per heavy atom. The van der Waals surface area contributed by atoms with Crippen molar-refractivity contribution in [1.82, 2.24) is 0 Å². The molecule has 0 spiro atoms. The van der Waals surface area contributed by atoms with Crippen molar-refractivity contribution in [3.63, 3.8) is 0 Å². The van der Waals surface area contributed by atoms with E-state index in [1.807, 2.05) is 30.4 Å². The van der Waals surface area contributed by atoms with Crippen molar-refractivity contribution in [2.24, 2.45) is 10.8 Å². The molecule has 0 aliphatic heterocycles. The Morgan fingerprint density at radius 3 is 0.881 bits per heavy atom. The third-order valence-electron chi connectivity index (χ3n) is 6.68. The second-order valence-electron chi connectivity index (χ2n) is 11.1. The zero-order chi connectivity index (χ0) is 31.0. The molecule has 244 valence electrons. The lowest BCUT2D eigenvalue weighted by Gasteiger charge is -2.36. The summed E-state index contributed by atoms with van der Waals surface area (Å²) in [5.41, 5.74) is -1.19.